The van der Waals surface area contributed by atoms with Crippen LogP contribution in [-0.4, -0.2) is 49.9 Å². The van der Waals surface area contributed by atoms with Gasteiger partial charge in [0.15, 0.2) is 6.79 Å². The Morgan fingerprint density at radius 3 is 3.27 bits per heavy atom. The highest BCUT2D eigenvalue weighted by molar-refractivity contribution is 5.98. The first-order valence-corrected chi connectivity index (χ1v) is 8.49. The molecular weight excluding hydrogens is 280 g/mol. The number of amides is 1. The Bertz CT molecular complexity index is 518. The maximum absolute atomic E-state index is 12.8. The number of carbonyl (C=O) groups excluding carboxylic acids is 1. The zero-order valence-electron chi connectivity index (χ0n) is 13.0. The van der Waals surface area contributed by atoms with E-state index in [1.54, 1.807) is 0 Å². The smallest absolute Gasteiger partial charge is 0.253 e. The van der Waals surface area contributed by atoms with Gasteiger partial charge in [0.25, 0.3) is 5.91 Å². The van der Waals surface area contributed by atoms with Crippen LogP contribution in [0.5, 0.6) is 0 Å². The van der Waals surface area contributed by atoms with E-state index in [9.17, 15) is 4.79 Å². The molecule has 0 saturated carbocycles. The van der Waals surface area contributed by atoms with Crippen molar-refractivity contribution in [1.82, 2.24) is 10.2 Å². The molecule has 4 aliphatic rings. The molecule has 4 rings (SSSR count). The van der Waals surface area contributed by atoms with Gasteiger partial charge in [0.05, 0.1) is 0 Å². The van der Waals surface area contributed by atoms with Gasteiger partial charge in [0.2, 0.25) is 0 Å². The number of fused-ring (bicyclic) bond motifs is 1. The first-order valence-electron chi connectivity index (χ1n) is 8.49. The predicted molar refractivity (Wildman–Crippen MR) is 82.0 cm³/mol. The van der Waals surface area contributed by atoms with Gasteiger partial charge in [-0.1, -0.05) is 12.0 Å². The van der Waals surface area contributed by atoms with Crippen LogP contribution in [0.3, 0.4) is 0 Å². The first-order chi connectivity index (χ1) is 10.8. The second kappa shape index (κ2) is 6.05. The van der Waals surface area contributed by atoms with Crippen molar-refractivity contribution in [3.05, 3.63) is 23.0 Å². The molecular formula is C17H24N2O3. The topological polar surface area (TPSA) is 50.8 Å². The number of hydrogen-bond donors (Lipinski definition) is 1. The Hall–Kier alpha value is -1.33. The van der Waals surface area contributed by atoms with Crippen molar-refractivity contribution >= 4 is 5.91 Å². The molecule has 22 heavy (non-hydrogen) atoms. The number of carbonyl (C=O) groups is 1. The molecule has 1 amide bonds. The van der Waals surface area contributed by atoms with E-state index in [0.29, 0.717) is 12.7 Å². The molecule has 2 unspecified atom stereocenters. The van der Waals surface area contributed by atoms with Gasteiger partial charge in [-0.3, -0.25) is 4.79 Å². The standard InChI is InChI=1S/C17H24N2O3/c20-17-14-8-16-15(21-11-22-16)7-13(14)4-6-19(17)10-12-3-1-2-5-18-9-12/h8,12,15,18H,1-7,9-11H2. The fourth-order valence-electron chi connectivity index (χ4n) is 3.96. The van der Waals surface area contributed by atoms with E-state index in [1.807, 2.05) is 11.0 Å². The largest absolute Gasteiger partial charge is 0.469 e. The molecule has 120 valence electrons. The monoisotopic (exact) mass is 304 g/mol. The Balaban J connectivity index is 1.46. The zero-order chi connectivity index (χ0) is 14.9. The van der Waals surface area contributed by atoms with E-state index in [4.69, 9.17) is 9.47 Å². The molecule has 0 radical (unpaired) electrons. The molecule has 0 spiro atoms. The Labute approximate surface area is 131 Å². The van der Waals surface area contributed by atoms with Crippen molar-refractivity contribution in [2.75, 3.05) is 33.0 Å². The van der Waals surface area contributed by atoms with Crippen LogP contribution in [-0.2, 0) is 14.3 Å². The van der Waals surface area contributed by atoms with Crippen LogP contribution in [0.25, 0.3) is 0 Å². The number of hydrogen-bond acceptors (Lipinski definition) is 4. The summed E-state index contributed by atoms with van der Waals surface area (Å²) in [7, 11) is 0. The number of ether oxygens (including phenoxy) is 2. The Kier molecular flexibility index (Phi) is 3.92. The van der Waals surface area contributed by atoms with Crippen molar-refractivity contribution in [1.29, 1.82) is 0 Å². The summed E-state index contributed by atoms with van der Waals surface area (Å²) in [5.41, 5.74) is 2.11. The van der Waals surface area contributed by atoms with Crippen molar-refractivity contribution in [3.8, 4) is 0 Å². The summed E-state index contributed by atoms with van der Waals surface area (Å²) in [5.74, 6) is 1.61. The van der Waals surface area contributed by atoms with Crippen molar-refractivity contribution < 1.29 is 14.3 Å². The minimum absolute atomic E-state index is 0.0455. The lowest BCUT2D eigenvalue weighted by atomic mass is 9.88. The van der Waals surface area contributed by atoms with Gasteiger partial charge < -0.3 is 19.7 Å². The second-order valence-electron chi connectivity index (χ2n) is 6.75. The maximum Gasteiger partial charge on any atom is 0.253 e. The highest BCUT2D eigenvalue weighted by Crippen LogP contribution is 2.35. The Morgan fingerprint density at radius 1 is 1.36 bits per heavy atom. The number of nitrogens with one attached hydrogen (secondary N) is 1. The summed E-state index contributed by atoms with van der Waals surface area (Å²) in [6, 6.07) is 0. The van der Waals surface area contributed by atoms with Gasteiger partial charge in [-0.2, -0.15) is 0 Å². The molecule has 1 aliphatic carbocycles. The van der Waals surface area contributed by atoms with E-state index >= 15 is 0 Å². The van der Waals surface area contributed by atoms with E-state index in [2.05, 4.69) is 5.32 Å². The zero-order valence-corrected chi connectivity index (χ0v) is 13.0. The number of rotatable bonds is 2. The van der Waals surface area contributed by atoms with Crippen molar-refractivity contribution in [2.24, 2.45) is 5.92 Å². The van der Waals surface area contributed by atoms with Crippen LogP contribution in [0.4, 0.5) is 0 Å². The SMILES string of the molecule is O=C1C2=C(CCN1CC1CCCCNC1)CC1OCOC1=C2. The molecule has 2 saturated heterocycles. The van der Waals surface area contributed by atoms with E-state index in [-0.39, 0.29) is 12.0 Å². The molecule has 5 heteroatoms. The third kappa shape index (κ3) is 2.68. The second-order valence-corrected chi connectivity index (χ2v) is 6.75. The molecule has 0 aromatic heterocycles. The summed E-state index contributed by atoms with van der Waals surface area (Å²) in [6.07, 6.45) is 7.52. The fraction of sp³-hybridized carbons (Fsp3) is 0.706. The molecule has 2 fully saturated rings. The third-order valence-corrected chi connectivity index (χ3v) is 5.24. The lowest BCUT2D eigenvalue weighted by Crippen LogP contribution is -2.42. The van der Waals surface area contributed by atoms with Crippen LogP contribution in [0.1, 0.15) is 32.1 Å². The molecule has 0 aromatic carbocycles. The van der Waals surface area contributed by atoms with Gasteiger partial charge >= 0.3 is 0 Å². The fourth-order valence-corrected chi connectivity index (χ4v) is 3.96. The van der Waals surface area contributed by atoms with Gasteiger partial charge in [0.1, 0.15) is 11.9 Å². The summed E-state index contributed by atoms with van der Waals surface area (Å²) >= 11 is 0. The molecule has 3 heterocycles. The van der Waals surface area contributed by atoms with Crippen molar-refractivity contribution in [2.45, 2.75) is 38.2 Å². The van der Waals surface area contributed by atoms with Gasteiger partial charge in [-0.05, 0) is 44.3 Å². The lowest BCUT2D eigenvalue weighted by Gasteiger charge is -2.34. The average Bonchev–Trinajstić information content (AvgIpc) is 2.83. The molecule has 0 aromatic rings. The van der Waals surface area contributed by atoms with Gasteiger partial charge in [-0.25, -0.2) is 0 Å². The highest BCUT2D eigenvalue weighted by Gasteiger charge is 2.36. The lowest BCUT2D eigenvalue weighted by molar-refractivity contribution is -0.128. The predicted octanol–water partition coefficient (Wildman–Crippen LogP) is 1.57. The van der Waals surface area contributed by atoms with Crippen molar-refractivity contribution in [3.63, 3.8) is 0 Å². The number of nitrogens with zero attached hydrogens (tertiary/aromatic N) is 1. The van der Waals surface area contributed by atoms with E-state index < -0.39 is 0 Å². The van der Waals surface area contributed by atoms with Crippen LogP contribution in [0.2, 0.25) is 0 Å². The van der Waals surface area contributed by atoms with E-state index in [1.165, 1.54) is 24.8 Å². The summed E-state index contributed by atoms with van der Waals surface area (Å²) in [4.78, 5) is 14.9. The van der Waals surface area contributed by atoms with Gasteiger partial charge in [0, 0.05) is 25.1 Å². The average molecular weight is 304 g/mol. The summed E-state index contributed by atoms with van der Waals surface area (Å²) in [5, 5.41) is 3.49. The highest BCUT2D eigenvalue weighted by atomic mass is 16.7. The summed E-state index contributed by atoms with van der Waals surface area (Å²) in [6.45, 7) is 4.21. The molecule has 3 aliphatic heterocycles. The maximum atomic E-state index is 12.8. The van der Waals surface area contributed by atoms with Crippen LogP contribution >= 0.6 is 0 Å². The first kappa shape index (κ1) is 14.3. The van der Waals surface area contributed by atoms with Crippen LogP contribution in [0, 0.1) is 5.92 Å². The van der Waals surface area contributed by atoms with Crippen LogP contribution < -0.4 is 5.32 Å². The van der Waals surface area contributed by atoms with Gasteiger partial charge in [-0.15, -0.1) is 0 Å². The van der Waals surface area contributed by atoms with E-state index in [0.717, 1.165) is 50.4 Å². The molecule has 2 atom stereocenters. The molecule has 0 bridgehead atoms. The summed E-state index contributed by atoms with van der Waals surface area (Å²) < 4.78 is 11.0. The normalized spacial score (nSPS) is 32.1. The van der Waals surface area contributed by atoms with Crippen LogP contribution in [0.15, 0.2) is 23.0 Å². The Morgan fingerprint density at radius 2 is 2.32 bits per heavy atom. The third-order valence-electron chi connectivity index (χ3n) is 5.24. The quantitative estimate of drug-likeness (QED) is 0.841. The minimum Gasteiger partial charge on any atom is -0.469 e. The molecule has 5 nitrogen and oxygen atoms in total. The minimum atomic E-state index is 0.0455. The molecule has 1 N–H and O–H groups in total.